The van der Waals surface area contributed by atoms with Gasteiger partial charge in [0.1, 0.15) is 0 Å². The van der Waals surface area contributed by atoms with Gasteiger partial charge in [0.15, 0.2) is 0 Å². The summed E-state index contributed by atoms with van der Waals surface area (Å²) in [5.41, 5.74) is 1.64. The van der Waals surface area contributed by atoms with E-state index in [0.29, 0.717) is 17.9 Å². The molecule has 0 aliphatic rings. The van der Waals surface area contributed by atoms with Crippen molar-refractivity contribution in [1.29, 1.82) is 0 Å². The van der Waals surface area contributed by atoms with Gasteiger partial charge in [-0.25, -0.2) is 0 Å². The number of rotatable bonds is 6. The zero-order valence-electron chi connectivity index (χ0n) is 9.90. The van der Waals surface area contributed by atoms with E-state index in [9.17, 15) is 9.59 Å². The Labute approximate surface area is 124 Å². The van der Waals surface area contributed by atoms with E-state index in [2.05, 4.69) is 27.9 Å². The Balaban J connectivity index is 2.44. The van der Waals surface area contributed by atoms with Crippen LogP contribution < -0.4 is 5.32 Å². The molecule has 0 saturated heterocycles. The number of carbonyl (C=O) groups excluding carboxylic acids is 1. The highest BCUT2D eigenvalue weighted by Crippen LogP contribution is 2.16. The average molecular weight is 379 g/mol. The van der Waals surface area contributed by atoms with E-state index in [1.807, 2.05) is 25.1 Å². The van der Waals surface area contributed by atoms with E-state index >= 15 is 0 Å². The maximum absolute atomic E-state index is 11.9. The van der Waals surface area contributed by atoms with Gasteiger partial charge in [0.25, 0.3) is 5.91 Å². The number of amides is 1. The largest absolute Gasteiger partial charge is 0.481 e. The van der Waals surface area contributed by atoms with Crippen molar-refractivity contribution in [2.75, 3.05) is 18.1 Å². The van der Waals surface area contributed by atoms with Crippen LogP contribution in [0, 0.1) is 10.5 Å². The van der Waals surface area contributed by atoms with Crippen molar-refractivity contribution in [3.63, 3.8) is 0 Å². The number of carbonyl (C=O) groups is 2. The average Bonchev–Trinajstić information content (AvgIpc) is 2.27. The van der Waals surface area contributed by atoms with Gasteiger partial charge in [0.05, 0.1) is 11.3 Å². The van der Waals surface area contributed by atoms with Crippen LogP contribution in [0.1, 0.15) is 15.9 Å². The van der Waals surface area contributed by atoms with Crippen LogP contribution in [-0.4, -0.2) is 35.0 Å². The lowest BCUT2D eigenvalue weighted by atomic mass is 10.1. The standard InChI is InChI=1S/C12H14INO3S/c1-8-3-2-4-9(13)11(8)12(17)14-5-6-18-7-10(15)16/h2-4H,5-7H2,1H3,(H,14,17)(H,15,16). The maximum atomic E-state index is 11.9. The molecular weight excluding hydrogens is 365 g/mol. The predicted octanol–water partition coefficient (Wildman–Crippen LogP) is 2.15. The molecule has 18 heavy (non-hydrogen) atoms. The van der Waals surface area contributed by atoms with E-state index in [1.54, 1.807) is 0 Å². The van der Waals surface area contributed by atoms with Gasteiger partial charge in [-0.05, 0) is 41.1 Å². The summed E-state index contributed by atoms with van der Waals surface area (Å²) in [5, 5.41) is 11.3. The highest BCUT2D eigenvalue weighted by molar-refractivity contribution is 14.1. The molecule has 1 aromatic rings. The van der Waals surface area contributed by atoms with Gasteiger partial charge in [-0.2, -0.15) is 0 Å². The summed E-state index contributed by atoms with van der Waals surface area (Å²) in [7, 11) is 0. The molecule has 6 heteroatoms. The summed E-state index contributed by atoms with van der Waals surface area (Å²) < 4.78 is 0.920. The second-order valence-electron chi connectivity index (χ2n) is 3.63. The molecule has 98 valence electrons. The smallest absolute Gasteiger partial charge is 0.313 e. The first-order valence-electron chi connectivity index (χ1n) is 5.35. The van der Waals surface area contributed by atoms with Crippen molar-refractivity contribution in [2.45, 2.75) is 6.92 Å². The Kier molecular flexibility index (Phi) is 6.48. The molecule has 0 heterocycles. The summed E-state index contributed by atoms with van der Waals surface area (Å²) >= 11 is 3.43. The second kappa shape index (κ2) is 7.63. The molecule has 1 aromatic carbocycles. The Morgan fingerprint density at radius 1 is 1.44 bits per heavy atom. The molecule has 0 radical (unpaired) electrons. The Bertz CT molecular complexity index is 431. The first-order chi connectivity index (χ1) is 8.52. The Morgan fingerprint density at radius 2 is 2.17 bits per heavy atom. The fraction of sp³-hybridized carbons (Fsp3) is 0.333. The van der Waals surface area contributed by atoms with Crippen LogP contribution in [0.2, 0.25) is 0 Å². The van der Waals surface area contributed by atoms with Crippen molar-refractivity contribution >= 4 is 46.2 Å². The number of thioether (sulfide) groups is 1. The molecule has 2 N–H and O–H groups in total. The third-order valence-corrected chi connectivity index (χ3v) is 4.05. The van der Waals surface area contributed by atoms with E-state index in [0.717, 1.165) is 9.13 Å². The van der Waals surface area contributed by atoms with Gasteiger partial charge >= 0.3 is 5.97 Å². The molecule has 0 saturated carbocycles. The lowest BCUT2D eigenvalue weighted by Gasteiger charge is -2.09. The molecule has 0 aromatic heterocycles. The van der Waals surface area contributed by atoms with Gasteiger partial charge in [0, 0.05) is 15.9 Å². The van der Waals surface area contributed by atoms with E-state index < -0.39 is 5.97 Å². The van der Waals surface area contributed by atoms with Crippen LogP contribution in [0.5, 0.6) is 0 Å². The summed E-state index contributed by atoms with van der Waals surface area (Å²) in [5.74, 6) is -0.272. The third-order valence-electron chi connectivity index (χ3n) is 2.21. The zero-order valence-corrected chi connectivity index (χ0v) is 12.9. The summed E-state index contributed by atoms with van der Waals surface area (Å²) in [4.78, 5) is 22.2. The number of hydrogen-bond acceptors (Lipinski definition) is 3. The van der Waals surface area contributed by atoms with Crippen molar-refractivity contribution in [3.8, 4) is 0 Å². The zero-order chi connectivity index (χ0) is 13.5. The normalized spacial score (nSPS) is 10.1. The van der Waals surface area contributed by atoms with E-state index in [-0.39, 0.29) is 11.7 Å². The molecule has 0 aliphatic heterocycles. The number of aliphatic carboxylic acids is 1. The summed E-state index contributed by atoms with van der Waals surface area (Å²) in [6.07, 6.45) is 0. The van der Waals surface area contributed by atoms with Crippen molar-refractivity contribution in [1.82, 2.24) is 5.32 Å². The molecular formula is C12H14INO3S. The quantitative estimate of drug-likeness (QED) is 0.587. The first-order valence-corrected chi connectivity index (χ1v) is 7.58. The van der Waals surface area contributed by atoms with Crippen molar-refractivity contribution in [3.05, 3.63) is 32.9 Å². The first kappa shape index (κ1) is 15.3. The van der Waals surface area contributed by atoms with Gasteiger partial charge in [0.2, 0.25) is 0 Å². The SMILES string of the molecule is Cc1cccc(I)c1C(=O)NCCSCC(=O)O. The molecule has 1 amide bonds. The number of carboxylic acid groups (broad SMARTS) is 1. The molecule has 0 fully saturated rings. The number of halogens is 1. The van der Waals surface area contributed by atoms with Crippen LogP contribution in [0.3, 0.4) is 0 Å². The minimum atomic E-state index is -0.834. The number of nitrogens with one attached hydrogen (secondary N) is 1. The molecule has 0 atom stereocenters. The molecule has 4 nitrogen and oxygen atoms in total. The van der Waals surface area contributed by atoms with Crippen LogP contribution in [0.4, 0.5) is 0 Å². The Morgan fingerprint density at radius 3 is 2.78 bits per heavy atom. The summed E-state index contributed by atoms with van der Waals surface area (Å²) in [6.45, 7) is 2.37. The van der Waals surface area contributed by atoms with Crippen molar-refractivity contribution < 1.29 is 14.7 Å². The Hall–Kier alpha value is -0.760. The fourth-order valence-electron chi connectivity index (χ4n) is 1.40. The van der Waals surface area contributed by atoms with Crippen LogP contribution in [-0.2, 0) is 4.79 Å². The fourth-order valence-corrected chi connectivity index (χ4v) is 2.85. The maximum Gasteiger partial charge on any atom is 0.313 e. The third kappa shape index (κ3) is 4.85. The van der Waals surface area contributed by atoms with Gasteiger partial charge in [-0.15, -0.1) is 11.8 Å². The van der Waals surface area contributed by atoms with Crippen LogP contribution in [0.25, 0.3) is 0 Å². The van der Waals surface area contributed by atoms with E-state index in [4.69, 9.17) is 5.11 Å². The topological polar surface area (TPSA) is 66.4 Å². The van der Waals surface area contributed by atoms with Crippen LogP contribution in [0.15, 0.2) is 18.2 Å². The number of benzene rings is 1. The monoisotopic (exact) mass is 379 g/mol. The number of aryl methyl sites for hydroxylation is 1. The number of hydrogen-bond donors (Lipinski definition) is 2. The second-order valence-corrected chi connectivity index (χ2v) is 5.90. The molecule has 0 spiro atoms. The minimum absolute atomic E-state index is 0.0672. The van der Waals surface area contributed by atoms with Crippen molar-refractivity contribution in [2.24, 2.45) is 0 Å². The molecule has 0 bridgehead atoms. The highest BCUT2D eigenvalue weighted by atomic mass is 127. The van der Waals surface area contributed by atoms with Gasteiger partial charge in [-0.1, -0.05) is 12.1 Å². The van der Waals surface area contributed by atoms with Gasteiger partial charge in [-0.3, -0.25) is 9.59 Å². The summed E-state index contributed by atoms with van der Waals surface area (Å²) in [6, 6.07) is 5.70. The molecule has 1 rings (SSSR count). The predicted molar refractivity (Wildman–Crippen MR) is 81.2 cm³/mol. The molecule has 0 aliphatic carbocycles. The lowest BCUT2D eigenvalue weighted by Crippen LogP contribution is -2.27. The molecule has 0 unspecified atom stereocenters. The minimum Gasteiger partial charge on any atom is -0.481 e. The van der Waals surface area contributed by atoms with Crippen LogP contribution >= 0.6 is 34.4 Å². The highest BCUT2D eigenvalue weighted by Gasteiger charge is 2.11. The lowest BCUT2D eigenvalue weighted by molar-refractivity contribution is -0.133. The number of carboxylic acids is 1. The van der Waals surface area contributed by atoms with Gasteiger partial charge < -0.3 is 10.4 Å². The van der Waals surface area contributed by atoms with E-state index in [1.165, 1.54) is 11.8 Å².